The van der Waals surface area contributed by atoms with E-state index in [1.807, 2.05) is 0 Å². The molecule has 8 atom stereocenters. The molecule has 4 aliphatic carbocycles. The van der Waals surface area contributed by atoms with Crippen LogP contribution in [0.4, 0.5) is 0 Å². The van der Waals surface area contributed by atoms with Gasteiger partial charge in [0.15, 0.2) is 0 Å². The molecule has 0 aromatic heterocycles. The number of hydrogen-bond acceptors (Lipinski definition) is 4. The summed E-state index contributed by atoms with van der Waals surface area (Å²) in [7, 11) is 0. The number of aliphatic hydroxyl groups excluding tert-OH is 1. The lowest BCUT2D eigenvalue weighted by molar-refractivity contribution is -0.191. The van der Waals surface area contributed by atoms with E-state index in [0.29, 0.717) is 49.4 Å². The molecule has 1 heterocycles. The third-order valence-electron chi connectivity index (χ3n) is 10.9. The molecule has 30 heavy (non-hydrogen) atoms. The van der Waals surface area contributed by atoms with Crippen LogP contribution in [0.2, 0.25) is 0 Å². The van der Waals surface area contributed by atoms with E-state index < -0.39 is 6.10 Å². The average Bonchev–Trinajstić information content (AvgIpc) is 3.25. The molecule has 0 bridgehead atoms. The van der Waals surface area contributed by atoms with Gasteiger partial charge in [0.25, 0.3) is 0 Å². The minimum atomic E-state index is -0.420. The van der Waals surface area contributed by atoms with Gasteiger partial charge in [-0.25, -0.2) is 0 Å². The number of ether oxygens (including phenoxy) is 1. The third kappa shape index (κ3) is 2.38. The normalized spacial score (nSPS) is 52.2. The molecule has 0 amide bonds. The van der Waals surface area contributed by atoms with E-state index in [-0.39, 0.29) is 33.5 Å². The fourth-order valence-electron chi connectivity index (χ4n) is 9.30. The summed E-state index contributed by atoms with van der Waals surface area (Å²) in [5.74, 6) is 1.67. The molecule has 0 spiro atoms. The van der Waals surface area contributed by atoms with Gasteiger partial charge in [0.2, 0.25) is 0 Å². The van der Waals surface area contributed by atoms with Gasteiger partial charge in [0, 0.05) is 23.2 Å². The molecule has 0 aromatic carbocycles. The molecule has 166 valence electrons. The standard InChI is InChI=1S/C26H38O4/c1-23(2)19-13-21(28)26(5)17-7-6-16(15-12-22(29)30-14-15)24(17,3)10-8-18(26)25(19,4)11-9-20(23)27/h7,15-16,18-19,21,28H,6,8-14H2,1-5H3. The first-order chi connectivity index (χ1) is 14.0. The van der Waals surface area contributed by atoms with Crippen LogP contribution in [0.1, 0.15) is 79.6 Å². The van der Waals surface area contributed by atoms with Crippen molar-refractivity contribution < 1.29 is 19.4 Å². The highest BCUT2D eigenvalue weighted by Gasteiger charge is 2.68. The lowest BCUT2D eigenvalue weighted by Crippen LogP contribution is -2.64. The summed E-state index contributed by atoms with van der Waals surface area (Å²) in [6.07, 6.45) is 8.07. The monoisotopic (exact) mass is 414 g/mol. The van der Waals surface area contributed by atoms with E-state index in [2.05, 4.69) is 40.7 Å². The summed E-state index contributed by atoms with van der Waals surface area (Å²) in [5.41, 5.74) is 0.959. The van der Waals surface area contributed by atoms with Crippen LogP contribution in [0.25, 0.3) is 0 Å². The summed E-state index contributed by atoms with van der Waals surface area (Å²) in [6, 6.07) is 0. The van der Waals surface area contributed by atoms with Gasteiger partial charge in [-0.1, -0.05) is 46.3 Å². The van der Waals surface area contributed by atoms with Gasteiger partial charge < -0.3 is 9.84 Å². The summed E-state index contributed by atoms with van der Waals surface area (Å²) in [4.78, 5) is 24.6. The fraction of sp³-hybridized carbons (Fsp3) is 0.846. The van der Waals surface area contributed by atoms with E-state index in [1.165, 1.54) is 5.57 Å². The minimum Gasteiger partial charge on any atom is -0.465 e. The number of Topliss-reactive ketones (excluding diaryl/α,β-unsaturated/α-hetero) is 1. The Hall–Kier alpha value is -1.16. The maximum Gasteiger partial charge on any atom is 0.306 e. The van der Waals surface area contributed by atoms with Crippen LogP contribution in [0.5, 0.6) is 0 Å². The third-order valence-corrected chi connectivity index (χ3v) is 10.9. The number of esters is 1. The number of rotatable bonds is 1. The summed E-state index contributed by atoms with van der Waals surface area (Å²) >= 11 is 0. The van der Waals surface area contributed by atoms with Crippen molar-refractivity contribution in [1.82, 2.24) is 0 Å². The van der Waals surface area contributed by atoms with Crippen molar-refractivity contribution in [2.45, 2.75) is 85.7 Å². The number of ketones is 1. The Balaban J connectivity index is 1.53. The molecule has 1 N–H and O–H groups in total. The zero-order valence-electron chi connectivity index (χ0n) is 19.3. The topological polar surface area (TPSA) is 63.6 Å². The van der Waals surface area contributed by atoms with Gasteiger partial charge in [0.1, 0.15) is 5.78 Å². The number of aliphatic hydroxyl groups is 1. The first-order valence-electron chi connectivity index (χ1n) is 12.0. The second-order valence-electron chi connectivity index (χ2n) is 12.4. The van der Waals surface area contributed by atoms with Gasteiger partial charge in [-0.3, -0.25) is 9.59 Å². The van der Waals surface area contributed by atoms with Gasteiger partial charge in [-0.2, -0.15) is 0 Å². The number of cyclic esters (lactones) is 1. The predicted molar refractivity (Wildman–Crippen MR) is 114 cm³/mol. The smallest absolute Gasteiger partial charge is 0.306 e. The number of fused-ring (bicyclic) bond motifs is 5. The molecule has 3 saturated carbocycles. The van der Waals surface area contributed by atoms with Crippen LogP contribution in [0.3, 0.4) is 0 Å². The summed E-state index contributed by atoms with van der Waals surface area (Å²) in [5, 5.41) is 11.7. The Morgan fingerprint density at radius 3 is 2.47 bits per heavy atom. The SMILES string of the molecule is CC1(C)C(=O)CCC2(C)C1CC(O)C1(C)C3=CCC(C4COC(=O)C4)C3(C)CCC21. The van der Waals surface area contributed by atoms with E-state index in [1.54, 1.807) is 0 Å². The minimum absolute atomic E-state index is 0.0358. The molecule has 1 saturated heterocycles. The molecule has 8 unspecified atom stereocenters. The Morgan fingerprint density at radius 1 is 1.07 bits per heavy atom. The Kier molecular flexibility index (Phi) is 4.29. The summed E-state index contributed by atoms with van der Waals surface area (Å²) < 4.78 is 5.33. The Bertz CT molecular complexity index is 827. The van der Waals surface area contributed by atoms with E-state index in [9.17, 15) is 14.7 Å². The van der Waals surface area contributed by atoms with Gasteiger partial charge >= 0.3 is 5.97 Å². The van der Waals surface area contributed by atoms with Gasteiger partial charge in [-0.15, -0.1) is 0 Å². The van der Waals surface area contributed by atoms with Crippen molar-refractivity contribution in [3.05, 3.63) is 11.6 Å². The van der Waals surface area contributed by atoms with Gasteiger partial charge in [-0.05, 0) is 60.7 Å². The molecule has 5 aliphatic rings. The number of allylic oxidation sites excluding steroid dienone is 1. The van der Waals surface area contributed by atoms with Crippen LogP contribution in [0, 0.1) is 45.3 Å². The average molecular weight is 415 g/mol. The highest BCUT2D eigenvalue weighted by Crippen LogP contribution is 2.72. The molecule has 1 aliphatic heterocycles. The lowest BCUT2D eigenvalue weighted by Gasteiger charge is -2.67. The van der Waals surface area contributed by atoms with E-state index in [0.717, 1.165) is 25.7 Å². The van der Waals surface area contributed by atoms with Crippen LogP contribution in [0.15, 0.2) is 11.6 Å². The zero-order chi connectivity index (χ0) is 21.7. The summed E-state index contributed by atoms with van der Waals surface area (Å²) in [6.45, 7) is 11.9. The number of carbonyl (C=O) groups excluding carboxylic acids is 2. The van der Waals surface area contributed by atoms with Crippen molar-refractivity contribution in [3.63, 3.8) is 0 Å². The van der Waals surface area contributed by atoms with Crippen LogP contribution < -0.4 is 0 Å². The van der Waals surface area contributed by atoms with E-state index >= 15 is 0 Å². The molecular weight excluding hydrogens is 376 g/mol. The number of hydrogen-bond donors (Lipinski definition) is 1. The molecule has 0 radical (unpaired) electrons. The molecular formula is C26H38O4. The maximum absolute atomic E-state index is 12.8. The fourth-order valence-corrected chi connectivity index (χ4v) is 9.30. The molecule has 4 fully saturated rings. The zero-order valence-corrected chi connectivity index (χ0v) is 19.3. The largest absolute Gasteiger partial charge is 0.465 e. The van der Waals surface area contributed by atoms with Crippen molar-refractivity contribution in [3.8, 4) is 0 Å². The highest BCUT2D eigenvalue weighted by molar-refractivity contribution is 5.85. The van der Waals surface area contributed by atoms with Crippen LogP contribution >= 0.6 is 0 Å². The second kappa shape index (κ2) is 6.21. The Morgan fingerprint density at radius 2 is 1.80 bits per heavy atom. The lowest BCUT2D eigenvalue weighted by atomic mass is 9.37. The van der Waals surface area contributed by atoms with Crippen molar-refractivity contribution in [1.29, 1.82) is 0 Å². The van der Waals surface area contributed by atoms with Crippen LogP contribution in [-0.4, -0.2) is 29.6 Å². The Labute approximate surface area is 180 Å². The second-order valence-corrected chi connectivity index (χ2v) is 12.4. The van der Waals surface area contributed by atoms with E-state index in [4.69, 9.17) is 4.74 Å². The first-order valence-corrected chi connectivity index (χ1v) is 12.0. The molecule has 4 heteroatoms. The molecule has 0 aromatic rings. The van der Waals surface area contributed by atoms with Crippen LogP contribution in [-0.2, 0) is 14.3 Å². The van der Waals surface area contributed by atoms with Crippen molar-refractivity contribution >= 4 is 11.8 Å². The van der Waals surface area contributed by atoms with Crippen molar-refractivity contribution in [2.75, 3.05) is 6.61 Å². The molecule has 4 nitrogen and oxygen atoms in total. The van der Waals surface area contributed by atoms with Crippen molar-refractivity contribution in [2.24, 2.45) is 45.3 Å². The maximum atomic E-state index is 12.8. The first kappa shape index (κ1) is 20.7. The molecule has 5 rings (SSSR count). The number of carbonyl (C=O) groups is 2. The predicted octanol–water partition coefficient (Wildman–Crippen LogP) is 4.69. The van der Waals surface area contributed by atoms with Gasteiger partial charge in [0.05, 0.1) is 19.1 Å². The quantitative estimate of drug-likeness (QED) is 0.499. The highest BCUT2D eigenvalue weighted by atomic mass is 16.5.